The minimum absolute atomic E-state index is 0.234. The number of benzene rings is 1. The van der Waals surface area contributed by atoms with Crippen molar-refractivity contribution in [2.24, 2.45) is 13.0 Å². The van der Waals surface area contributed by atoms with Crippen LogP contribution >= 0.6 is 0 Å². The monoisotopic (exact) mass is 488 g/mol. The molecule has 0 N–H and O–H groups in total. The van der Waals surface area contributed by atoms with Gasteiger partial charge < -0.3 is 9.80 Å². The van der Waals surface area contributed by atoms with E-state index in [0.29, 0.717) is 16.4 Å². The van der Waals surface area contributed by atoms with E-state index in [1.165, 1.54) is 6.42 Å². The van der Waals surface area contributed by atoms with Crippen molar-refractivity contribution in [2.45, 2.75) is 24.2 Å². The van der Waals surface area contributed by atoms with Gasteiger partial charge in [-0.15, -0.1) is 0 Å². The van der Waals surface area contributed by atoms with Gasteiger partial charge in [-0.1, -0.05) is 24.6 Å². The van der Waals surface area contributed by atoms with Crippen LogP contribution in [0.1, 0.15) is 19.3 Å². The number of hydrogen-bond donors (Lipinski definition) is 0. The van der Waals surface area contributed by atoms with Gasteiger partial charge in [-0.2, -0.15) is 5.10 Å². The highest BCUT2D eigenvalue weighted by atomic mass is 32.2. The van der Waals surface area contributed by atoms with Crippen molar-refractivity contribution in [3.05, 3.63) is 61.1 Å². The maximum absolute atomic E-state index is 13.8. The van der Waals surface area contributed by atoms with Crippen LogP contribution in [0, 0.1) is 5.92 Å². The molecule has 1 aromatic carbocycles. The third-order valence-corrected chi connectivity index (χ3v) is 8.51. The molecule has 1 unspecified atom stereocenters. The third-order valence-electron chi connectivity index (χ3n) is 7.14. The number of carbonyl (C=O) groups is 1. The highest BCUT2D eigenvalue weighted by Gasteiger charge is 2.32. The van der Waals surface area contributed by atoms with Gasteiger partial charge in [-0.05, 0) is 37.1 Å². The van der Waals surface area contributed by atoms with E-state index in [1.807, 2.05) is 58.5 Å². The Kier molecular flexibility index (Phi) is 5.64. The zero-order valence-electron chi connectivity index (χ0n) is 19.7. The van der Waals surface area contributed by atoms with Crippen molar-refractivity contribution < 1.29 is 9.00 Å². The lowest BCUT2D eigenvalue weighted by Gasteiger charge is -2.39. The molecular formula is C26H28N6O2S. The molecule has 1 amide bonds. The zero-order valence-corrected chi connectivity index (χ0v) is 20.5. The van der Waals surface area contributed by atoms with Gasteiger partial charge in [0.2, 0.25) is 5.91 Å². The van der Waals surface area contributed by atoms with Crippen LogP contribution in [0.3, 0.4) is 0 Å². The fourth-order valence-corrected chi connectivity index (χ4v) is 6.22. The number of aromatic nitrogens is 4. The molecule has 0 spiro atoms. The molecule has 4 aromatic rings. The molecule has 0 radical (unpaired) electrons. The molecule has 1 saturated heterocycles. The van der Waals surface area contributed by atoms with Crippen LogP contribution in [0.5, 0.6) is 0 Å². The number of hydrogen-bond acceptors (Lipinski definition) is 5. The van der Waals surface area contributed by atoms with Gasteiger partial charge in [0.05, 0.1) is 16.8 Å². The SMILES string of the molecule is Cn1cc(-c2cc3c(N4CCN(C(=O)C5CCC5)CC4)ccnc3n2S(=O)c2ccccc2)cn1. The Morgan fingerprint density at radius 2 is 1.83 bits per heavy atom. The summed E-state index contributed by atoms with van der Waals surface area (Å²) in [6.07, 6.45) is 8.75. The molecule has 4 heterocycles. The molecule has 8 nitrogen and oxygen atoms in total. The second-order valence-electron chi connectivity index (χ2n) is 9.30. The molecular weight excluding hydrogens is 460 g/mol. The fraction of sp³-hybridized carbons (Fsp3) is 0.346. The zero-order chi connectivity index (χ0) is 23.9. The molecule has 6 rings (SSSR count). The predicted molar refractivity (Wildman–Crippen MR) is 136 cm³/mol. The molecule has 1 saturated carbocycles. The molecule has 3 aromatic heterocycles. The van der Waals surface area contributed by atoms with Gasteiger partial charge in [0.1, 0.15) is 0 Å². The first kappa shape index (κ1) is 22.0. The standard InChI is InChI=1S/C26H28N6O2S/c1-29-18-20(17-28-29)24-16-22-23(30-12-14-31(15-13-30)26(33)19-6-5-7-19)10-11-27-25(22)32(24)35(34)21-8-3-2-4-9-21/h2-4,8-11,16-19H,5-7,12-15H2,1H3. The second-order valence-corrected chi connectivity index (χ2v) is 10.6. The summed E-state index contributed by atoms with van der Waals surface area (Å²) < 4.78 is 17.3. The Balaban J connectivity index is 1.38. The molecule has 2 aliphatic rings. The van der Waals surface area contributed by atoms with Gasteiger partial charge in [0, 0.05) is 68.2 Å². The molecule has 0 bridgehead atoms. The van der Waals surface area contributed by atoms with Gasteiger partial charge in [-0.3, -0.25) is 9.48 Å². The summed E-state index contributed by atoms with van der Waals surface area (Å²) >= 11 is 0. The maximum Gasteiger partial charge on any atom is 0.225 e. The van der Waals surface area contributed by atoms with Crippen LogP contribution in [-0.2, 0) is 22.8 Å². The number of carbonyl (C=O) groups excluding carboxylic acids is 1. The number of anilines is 1. The van der Waals surface area contributed by atoms with Crippen molar-refractivity contribution in [3.8, 4) is 11.3 Å². The van der Waals surface area contributed by atoms with E-state index in [0.717, 1.165) is 61.4 Å². The van der Waals surface area contributed by atoms with Crippen LogP contribution in [0.2, 0.25) is 0 Å². The Labute approximate surface area is 206 Å². The van der Waals surface area contributed by atoms with Crippen LogP contribution in [0.4, 0.5) is 5.69 Å². The summed E-state index contributed by atoms with van der Waals surface area (Å²) in [6.45, 7) is 3.00. The van der Waals surface area contributed by atoms with E-state index >= 15 is 0 Å². The second kappa shape index (κ2) is 8.96. The number of pyridine rings is 1. The summed E-state index contributed by atoms with van der Waals surface area (Å²) in [5.74, 6) is 0.553. The maximum atomic E-state index is 13.8. The van der Waals surface area contributed by atoms with Crippen molar-refractivity contribution in [1.82, 2.24) is 23.6 Å². The van der Waals surface area contributed by atoms with Crippen LogP contribution in [0.15, 0.2) is 66.0 Å². The Morgan fingerprint density at radius 3 is 2.49 bits per heavy atom. The van der Waals surface area contributed by atoms with E-state index in [2.05, 4.69) is 21.0 Å². The lowest BCUT2D eigenvalue weighted by Crippen LogP contribution is -2.51. The van der Waals surface area contributed by atoms with E-state index in [-0.39, 0.29) is 5.92 Å². The van der Waals surface area contributed by atoms with E-state index in [1.54, 1.807) is 17.1 Å². The minimum Gasteiger partial charge on any atom is -0.367 e. The van der Waals surface area contributed by atoms with Gasteiger partial charge in [0.25, 0.3) is 0 Å². The molecule has 9 heteroatoms. The number of rotatable bonds is 5. The minimum atomic E-state index is -1.47. The average Bonchev–Trinajstić information content (AvgIpc) is 3.46. The van der Waals surface area contributed by atoms with Crippen molar-refractivity contribution in [1.29, 1.82) is 0 Å². The van der Waals surface area contributed by atoms with Crippen molar-refractivity contribution in [3.63, 3.8) is 0 Å². The number of piperazine rings is 1. The van der Waals surface area contributed by atoms with E-state index in [4.69, 9.17) is 0 Å². The number of fused-ring (bicyclic) bond motifs is 1. The summed E-state index contributed by atoms with van der Waals surface area (Å²) in [6, 6.07) is 13.5. The average molecular weight is 489 g/mol. The quantitative estimate of drug-likeness (QED) is 0.430. The Hall–Kier alpha value is -3.46. The highest BCUT2D eigenvalue weighted by Crippen LogP contribution is 2.35. The molecule has 1 atom stereocenters. The summed E-state index contributed by atoms with van der Waals surface area (Å²) in [5, 5.41) is 5.29. The first-order valence-corrected chi connectivity index (χ1v) is 13.2. The Bertz CT molecular complexity index is 1400. The van der Waals surface area contributed by atoms with Crippen LogP contribution in [-0.4, -0.2) is 59.9 Å². The van der Waals surface area contributed by atoms with Gasteiger partial charge in [0.15, 0.2) is 16.6 Å². The Morgan fingerprint density at radius 1 is 1.06 bits per heavy atom. The van der Waals surface area contributed by atoms with Crippen LogP contribution < -0.4 is 4.90 Å². The number of aryl methyl sites for hydroxylation is 1. The van der Waals surface area contributed by atoms with E-state index < -0.39 is 11.0 Å². The largest absolute Gasteiger partial charge is 0.367 e. The molecule has 2 fully saturated rings. The highest BCUT2D eigenvalue weighted by molar-refractivity contribution is 7.83. The van der Waals surface area contributed by atoms with E-state index in [9.17, 15) is 9.00 Å². The number of nitrogens with zero attached hydrogens (tertiary/aromatic N) is 6. The smallest absolute Gasteiger partial charge is 0.225 e. The normalized spacial score (nSPS) is 17.5. The first-order chi connectivity index (χ1) is 17.1. The summed E-state index contributed by atoms with van der Waals surface area (Å²) in [4.78, 5) is 22.4. The topological polar surface area (TPSA) is 76.3 Å². The predicted octanol–water partition coefficient (Wildman–Crippen LogP) is 3.46. The summed E-state index contributed by atoms with van der Waals surface area (Å²) in [5.41, 5.74) is 3.43. The summed E-state index contributed by atoms with van der Waals surface area (Å²) in [7, 11) is 0.401. The lowest BCUT2D eigenvalue weighted by molar-refractivity contribution is -0.138. The lowest BCUT2D eigenvalue weighted by atomic mass is 9.84. The van der Waals surface area contributed by atoms with Crippen LogP contribution in [0.25, 0.3) is 22.3 Å². The molecule has 1 aliphatic carbocycles. The first-order valence-electron chi connectivity index (χ1n) is 12.1. The molecule has 35 heavy (non-hydrogen) atoms. The molecule has 1 aliphatic heterocycles. The van der Waals surface area contributed by atoms with Gasteiger partial charge in [-0.25, -0.2) is 13.2 Å². The number of amides is 1. The van der Waals surface area contributed by atoms with Crippen molar-refractivity contribution in [2.75, 3.05) is 31.1 Å². The van der Waals surface area contributed by atoms with Crippen molar-refractivity contribution >= 4 is 33.6 Å². The van der Waals surface area contributed by atoms with Gasteiger partial charge >= 0.3 is 0 Å². The fourth-order valence-electron chi connectivity index (χ4n) is 4.98. The molecule has 180 valence electrons. The third kappa shape index (κ3) is 3.93.